The standard InChI is InChI=1S/C52H26F6N6/c1-27-5-9-29(10-6-27)35-21-39-41(23-37(35)30-11-7-28(2)8-12-30)47-49(45(39)43(25-59)61-3)64-48-42-24-38(32-15-19-34(20-16-32)52(56,57)58)36(31-13-17-33(18-14-31)51(53,54)55)22-40(42)46(50(48)63-47)44(26-60)62-4/h5-24H,1-2H3/b45-43+,46-44-. The third kappa shape index (κ3) is 6.75. The van der Waals surface area contributed by atoms with Gasteiger partial charge in [0.05, 0.1) is 59.2 Å². The molecule has 0 aliphatic heterocycles. The number of alkyl halides is 6. The van der Waals surface area contributed by atoms with Crippen molar-refractivity contribution >= 4 is 11.1 Å². The van der Waals surface area contributed by atoms with Crippen LogP contribution < -0.4 is 0 Å². The minimum Gasteiger partial charge on any atom is -0.245 e. The number of hydrogen-bond donors (Lipinski definition) is 0. The highest BCUT2D eigenvalue weighted by molar-refractivity contribution is 6.09. The molecule has 0 amide bonds. The molecule has 306 valence electrons. The number of nitrogens with zero attached hydrogens (tertiary/aromatic N) is 6. The lowest BCUT2D eigenvalue weighted by Crippen LogP contribution is -2.04. The Bertz CT molecular complexity index is 3340. The van der Waals surface area contributed by atoms with Gasteiger partial charge in [0.25, 0.3) is 11.4 Å². The molecular weight excluding hydrogens is 823 g/mol. The smallest absolute Gasteiger partial charge is 0.245 e. The van der Waals surface area contributed by atoms with Gasteiger partial charge in [0.2, 0.25) is 0 Å². The van der Waals surface area contributed by atoms with E-state index in [2.05, 4.69) is 9.69 Å². The first-order valence-electron chi connectivity index (χ1n) is 19.5. The fourth-order valence-electron chi connectivity index (χ4n) is 8.27. The Labute approximate surface area is 362 Å². The SMILES string of the molecule is [C-]#[N+]/C(C#N)=C1/c2cc(-c3ccc(C(F)(F)F)cc3)c(-c3ccc(C(F)(F)F)cc3)cc2-c2nc3c(nc21)-c1cc(-c2ccc(C)cc2)c(-c2ccc(C)cc2)cc1/C3=C(/C#N)[N+]#[C-]. The highest BCUT2D eigenvalue weighted by Gasteiger charge is 2.38. The molecule has 0 bridgehead atoms. The number of nitriles is 2. The zero-order valence-corrected chi connectivity index (χ0v) is 33.5. The summed E-state index contributed by atoms with van der Waals surface area (Å²) in [6, 6.07) is 35.5. The molecule has 1 aromatic heterocycles. The molecule has 12 heteroatoms. The van der Waals surface area contributed by atoms with E-state index in [0.29, 0.717) is 27.8 Å². The molecule has 0 N–H and O–H groups in total. The first-order valence-corrected chi connectivity index (χ1v) is 19.5. The van der Waals surface area contributed by atoms with Gasteiger partial charge in [-0.3, -0.25) is 0 Å². The average molecular weight is 849 g/mol. The predicted molar refractivity (Wildman–Crippen MR) is 231 cm³/mol. The van der Waals surface area contributed by atoms with Crippen LogP contribution in [0, 0.1) is 49.7 Å². The molecule has 1 heterocycles. The normalized spacial score (nSPS) is 13.9. The summed E-state index contributed by atoms with van der Waals surface area (Å²) in [5.74, 6) is 0. The van der Waals surface area contributed by atoms with Gasteiger partial charge >= 0.3 is 12.4 Å². The van der Waals surface area contributed by atoms with E-state index in [9.17, 15) is 36.9 Å². The maximum Gasteiger partial charge on any atom is 0.416 e. The molecule has 0 atom stereocenters. The van der Waals surface area contributed by atoms with E-state index < -0.39 is 23.5 Å². The summed E-state index contributed by atoms with van der Waals surface area (Å²) in [5.41, 5.74) is 6.89. The van der Waals surface area contributed by atoms with E-state index >= 15 is 0 Å². The van der Waals surface area contributed by atoms with E-state index in [1.807, 2.05) is 86.6 Å². The Morgan fingerprint density at radius 2 is 0.719 bits per heavy atom. The van der Waals surface area contributed by atoms with Crippen LogP contribution in [0.3, 0.4) is 0 Å². The summed E-state index contributed by atoms with van der Waals surface area (Å²) in [7, 11) is 0. The summed E-state index contributed by atoms with van der Waals surface area (Å²) >= 11 is 0. The quantitative estimate of drug-likeness (QED) is 0.100. The lowest BCUT2D eigenvalue weighted by atomic mass is 9.89. The van der Waals surface area contributed by atoms with Crippen molar-refractivity contribution in [2.24, 2.45) is 0 Å². The van der Waals surface area contributed by atoms with E-state index in [-0.39, 0.29) is 62.0 Å². The number of aromatic nitrogens is 2. The van der Waals surface area contributed by atoms with Crippen molar-refractivity contribution in [3.8, 4) is 79.2 Å². The van der Waals surface area contributed by atoms with E-state index in [1.54, 1.807) is 12.1 Å². The minimum absolute atomic E-state index is 0.0876. The van der Waals surface area contributed by atoms with Crippen LogP contribution in [0.5, 0.6) is 0 Å². The van der Waals surface area contributed by atoms with Gasteiger partial charge in [0.1, 0.15) is 0 Å². The van der Waals surface area contributed by atoms with Crippen molar-refractivity contribution in [2.75, 3.05) is 0 Å². The molecule has 7 aromatic rings. The fourth-order valence-corrected chi connectivity index (χ4v) is 8.27. The summed E-state index contributed by atoms with van der Waals surface area (Å²) in [6.45, 7) is 20.1. The molecule has 0 saturated heterocycles. The van der Waals surface area contributed by atoms with Crippen LogP contribution in [0.15, 0.2) is 133 Å². The highest BCUT2D eigenvalue weighted by atomic mass is 19.4. The predicted octanol–water partition coefficient (Wildman–Crippen LogP) is 14.2. The number of aryl methyl sites for hydroxylation is 2. The van der Waals surface area contributed by atoms with Crippen LogP contribution in [0.1, 0.15) is 44.8 Å². The van der Waals surface area contributed by atoms with E-state index in [4.69, 9.17) is 23.1 Å². The van der Waals surface area contributed by atoms with Gasteiger partial charge in [-0.15, -0.1) is 0 Å². The van der Waals surface area contributed by atoms with Crippen LogP contribution in [-0.2, 0) is 12.4 Å². The maximum atomic E-state index is 13.7. The van der Waals surface area contributed by atoms with Crippen molar-refractivity contribution in [1.29, 1.82) is 10.5 Å². The van der Waals surface area contributed by atoms with Crippen LogP contribution in [-0.4, -0.2) is 9.97 Å². The summed E-state index contributed by atoms with van der Waals surface area (Å²) in [5, 5.41) is 20.8. The Morgan fingerprint density at radius 1 is 0.438 bits per heavy atom. The second-order valence-electron chi connectivity index (χ2n) is 15.3. The monoisotopic (exact) mass is 848 g/mol. The summed E-state index contributed by atoms with van der Waals surface area (Å²) in [4.78, 5) is 17.4. The molecule has 64 heavy (non-hydrogen) atoms. The number of fused-ring (bicyclic) bond motifs is 6. The van der Waals surface area contributed by atoms with Gasteiger partial charge in [0.15, 0.2) is 0 Å². The molecule has 0 saturated carbocycles. The molecule has 2 aliphatic rings. The first kappa shape index (κ1) is 40.8. The van der Waals surface area contributed by atoms with Gasteiger partial charge < -0.3 is 0 Å². The minimum atomic E-state index is -4.65. The zero-order valence-electron chi connectivity index (χ0n) is 33.5. The van der Waals surface area contributed by atoms with Crippen LogP contribution in [0.25, 0.3) is 87.9 Å². The first-order chi connectivity index (χ1) is 30.6. The van der Waals surface area contributed by atoms with Gasteiger partial charge in [-0.1, -0.05) is 83.9 Å². The zero-order chi connectivity index (χ0) is 45.2. The number of rotatable bonds is 4. The van der Waals surface area contributed by atoms with Gasteiger partial charge in [-0.2, -0.15) is 26.3 Å². The molecule has 0 fully saturated rings. The molecule has 6 nitrogen and oxygen atoms in total. The second-order valence-corrected chi connectivity index (χ2v) is 15.3. The number of hydrogen-bond acceptors (Lipinski definition) is 4. The third-order valence-corrected chi connectivity index (χ3v) is 11.4. The van der Waals surface area contributed by atoms with Gasteiger partial charge in [-0.25, -0.2) is 30.2 Å². The lowest BCUT2D eigenvalue weighted by molar-refractivity contribution is -0.138. The second kappa shape index (κ2) is 15.1. The van der Waals surface area contributed by atoms with Gasteiger partial charge in [-0.05, 0) is 118 Å². The molecule has 9 rings (SSSR count). The van der Waals surface area contributed by atoms with Gasteiger partial charge in [0, 0.05) is 22.3 Å². The topological polar surface area (TPSA) is 82.1 Å². The Kier molecular flexibility index (Phi) is 9.63. The fraction of sp³-hybridized carbons (Fsp3) is 0.0769. The maximum absolute atomic E-state index is 13.7. The number of halogens is 6. The van der Waals surface area contributed by atoms with Crippen LogP contribution in [0.4, 0.5) is 26.3 Å². The third-order valence-electron chi connectivity index (χ3n) is 11.4. The van der Waals surface area contributed by atoms with Crippen molar-refractivity contribution < 1.29 is 26.3 Å². The van der Waals surface area contributed by atoms with Crippen molar-refractivity contribution in [3.63, 3.8) is 0 Å². The van der Waals surface area contributed by atoms with Crippen LogP contribution in [0.2, 0.25) is 0 Å². The Balaban J connectivity index is 1.34. The number of allylic oxidation sites excluding steroid dienone is 2. The van der Waals surface area contributed by atoms with Crippen molar-refractivity contribution in [2.45, 2.75) is 26.2 Å². The van der Waals surface area contributed by atoms with E-state index in [1.165, 1.54) is 24.3 Å². The molecular formula is C52H26F6N6. The highest BCUT2D eigenvalue weighted by Crippen LogP contribution is 2.54. The summed E-state index contributed by atoms with van der Waals surface area (Å²) < 4.78 is 82.2. The molecule has 0 radical (unpaired) electrons. The lowest BCUT2D eigenvalue weighted by Gasteiger charge is -2.16. The largest absolute Gasteiger partial charge is 0.416 e. The number of benzene rings is 6. The Hall–Kier alpha value is -8.58. The molecule has 6 aromatic carbocycles. The van der Waals surface area contributed by atoms with Crippen molar-refractivity contribution in [3.05, 3.63) is 200 Å². The van der Waals surface area contributed by atoms with Crippen molar-refractivity contribution in [1.82, 2.24) is 9.97 Å². The van der Waals surface area contributed by atoms with E-state index in [0.717, 1.165) is 57.6 Å². The molecule has 2 aliphatic carbocycles. The average Bonchev–Trinajstić information content (AvgIpc) is 3.76. The Morgan fingerprint density at radius 3 is 0.984 bits per heavy atom. The van der Waals surface area contributed by atoms with Crippen LogP contribution >= 0.6 is 0 Å². The molecule has 0 spiro atoms. The summed E-state index contributed by atoms with van der Waals surface area (Å²) in [6.07, 6.45) is -9.29. The molecule has 0 unspecified atom stereocenters.